The minimum absolute atomic E-state index is 0.183. The topological polar surface area (TPSA) is 32.3 Å². The molecule has 0 saturated heterocycles. The van der Waals surface area contributed by atoms with E-state index in [1.54, 1.807) is 6.07 Å². The summed E-state index contributed by atoms with van der Waals surface area (Å²) in [5.74, 6) is 0.228. The molecule has 0 aromatic heterocycles. The highest BCUT2D eigenvalue weighted by Gasteiger charge is 2.10. The van der Waals surface area contributed by atoms with E-state index >= 15 is 0 Å². The van der Waals surface area contributed by atoms with E-state index in [1.807, 2.05) is 26.0 Å². The van der Waals surface area contributed by atoms with Crippen molar-refractivity contribution in [2.45, 2.75) is 26.4 Å². The van der Waals surface area contributed by atoms with Crippen LogP contribution in [0.4, 0.5) is 0 Å². The van der Waals surface area contributed by atoms with Crippen molar-refractivity contribution in [2.24, 2.45) is 5.92 Å². The van der Waals surface area contributed by atoms with E-state index in [9.17, 15) is 0 Å². The number of hydrogen-bond acceptors (Lipinski definition) is 2. The second-order valence-electron chi connectivity index (χ2n) is 4.07. The van der Waals surface area contributed by atoms with Crippen molar-refractivity contribution in [3.63, 3.8) is 0 Å². The van der Waals surface area contributed by atoms with Gasteiger partial charge in [-0.15, -0.1) is 0 Å². The molecular weight excluding hydrogens is 245 g/mol. The molecule has 2 N–H and O–H groups in total. The van der Waals surface area contributed by atoms with Crippen LogP contribution in [0, 0.1) is 5.92 Å². The van der Waals surface area contributed by atoms with Crippen molar-refractivity contribution in [1.82, 2.24) is 5.32 Å². The minimum Gasteiger partial charge on any atom is -0.396 e. The van der Waals surface area contributed by atoms with E-state index in [1.165, 1.54) is 0 Å². The third kappa shape index (κ3) is 3.95. The SMILES string of the molecule is CC(CO)C(C)NCc1ccc(Cl)cc1Cl. The Balaban J connectivity index is 2.54. The van der Waals surface area contributed by atoms with Gasteiger partial charge in [-0.3, -0.25) is 0 Å². The zero-order valence-electron chi connectivity index (χ0n) is 9.50. The van der Waals surface area contributed by atoms with Gasteiger partial charge in [0.15, 0.2) is 0 Å². The average molecular weight is 262 g/mol. The maximum Gasteiger partial charge on any atom is 0.0471 e. The molecule has 4 heteroatoms. The zero-order valence-corrected chi connectivity index (χ0v) is 11.0. The van der Waals surface area contributed by atoms with E-state index < -0.39 is 0 Å². The number of nitrogens with one attached hydrogen (secondary N) is 1. The van der Waals surface area contributed by atoms with Crippen LogP contribution in [0.2, 0.25) is 10.0 Å². The highest BCUT2D eigenvalue weighted by Crippen LogP contribution is 2.21. The summed E-state index contributed by atoms with van der Waals surface area (Å²) in [5.41, 5.74) is 1.02. The van der Waals surface area contributed by atoms with E-state index in [4.69, 9.17) is 28.3 Å². The molecule has 16 heavy (non-hydrogen) atoms. The summed E-state index contributed by atoms with van der Waals surface area (Å²) in [5, 5.41) is 13.6. The van der Waals surface area contributed by atoms with Crippen LogP contribution in [0.5, 0.6) is 0 Å². The normalized spacial score (nSPS) is 14.8. The molecule has 0 spiro atoms. The summed E-state index contributed by atoms with van der Waals surface area (Å²) in [7, 11) is 0. The van der Waals surface area contributed by atoms with Crippen LogP contribution >= 0.6 is 23.2 Å². The van der Waals surface area contributed by atoms with Crippen LogP contribution in [0.1, 0.15) is 19.4 Å². The molecule has 1 aromatic rings. The Labute approximate surface area is 107 Å². The molecule has 0 fully saturated rings. The first-order valence-corrected chi connectivity index (χ1v) is 6.08. The van der Waals surface area contributed by atoms with Gasteiger partial charge in [0.1, 0.15) is 0 Å². The monoisotopic (exact) mass is 261 g/mol. The number of benzene rings is 1. The van der Waals surface area contributed by atoms with E-state index in [0.717, 1.165) is 5.56 Å². The van der Waals surface area contributed by atoms with Crippen LogP contribution in [-0.2, 0) is 6.54 Å². The number of hydrogen-bond donors (Lipinski definition) is 2. The van der Waals surface area contributed by atoms with Gasteiger partial charge in [0.2, 0.25) is 0 Å². The molecule has 2 nitrogen and oxygen atoms in total. The van der Waals surface area contributed by atoms with Crippen molar-refractivity contribution in [3.8, 4) is 0 Å². The number of halogens is 2. The van der Waals surface area contributed by atoms with Crippen molar-refractivity contribution in [1.29, 1.82) is 0 Å². The van der Waals surface area contributed by atoms with Gasteiger partial charge < -0.3 is 10.4 Å². The van der Waals surface area contributed by atoms with Crippen molar-refractivity contribution in [3.05, 3.63) is 33.8 Å². The molecule has 1 rings (SSSR count). The largest absolute Gasteiger partial charge is 0.396 e. The molecule has 0 aliphatic rings. The summed E-state index contributed by atoms with van der Waals surface area (Å²) in [4.78, 5) is 0. The van der Waals surface area contributed by atoms with Crippen LogP contribution in [-0.4, -0.2) is 17.8 Å². The van der Waals surface area contributed by atoms with Gasteiger partial charge in [-0.25, -0.2) is 0 Å². The summed E-state index contributed by atoms with van der Waals surface area (Å²) >= 11 is 11.9. The van der Waals surface area contributed by atoms with Crippen LogP contribution in [0.15, 0.2) is 18.2 Å². The lowest BCUT2D eigenvalue weighted by Gasteiger charge is -2.19. The molecule has 0 bridgehead atoms. The molecule has 1 aromatic carbocycles. The number of rotatable bonds is 5. The first kappa shape index (κ1) is 13.8. The smallest absolute Gasteiger partial charge is 0.0471 e. The van der Waals surface area contributed by atoms with E-state index in [2.05, 4.69) is 5.32 Å². The molecule has 0 aliphatic carbocycles. The third-order valence-electron chi connectivity index (χ3n) is 2.77. The second-order valence-corrected chi connectivity index (χ2v) is 4.91. The van der Waals surface area contributed by atoms with Crippen LogP contribution in [0.3, 0.4) is 0 Å². The van der Waals surface area contributed by atoms with Gasteiger partial charge in [0.05, 0.1) is 0 Å². The molecule has 0 amide bonds. The Morgan fingerprint density at radius 2 is 2.00 bits per heavy atom. The number of aliphatic hydroxyl groups excluding tert-OH is 1. The average Bonchev–Trinajstić information content (AvgIpc) is 2.26. The van der Waals surface area contributed by atoms with Gasteiger partial charge in [0, 0.05) is 29.2 Å². The lowest BCUT2D eigenvalue weighted by Crippen LogP contribution is -2.33. The minimum atomic E-state index is 0.183. The first-order chi connectivity index (χ1) is 7.54. The molecule has 2 atom stereocenters. The van der Waals surface area contributed by atoms with Crippen LogP contribution in [0.25, 0.3) is 0 Å². The first-order valence-electron chi connectivity index (χ1n) is 5.32. The Morgan fingerprint density at radius 1 is 1.31 bits per heavy atom. The molecule has 0 saturated carbocycles. The van der Waals surface area contributed by atoms with Gasteiger partial charge in [-0.1, -0.05) is 36.2 Å². The summed E-state index contributed by atoms with van der Waals surface area (Å²) in [6, 6.07) is 5.72. The highest BCUT2D eigenvalue weighted by atomic mass is 35.5. The second kappa shape index (κ2) is 6.45. The fourth-order valence-electron chi connectivity index (χ4n) is 1.30. The lowest BCUT2D eigenvalue weighted by atomic mass is 10.0. The maximum absolute atomic E-state index is 9.01. The third-order valence-corrected chi connectivity index (χ3v) is 3.36. The summed E-state index contributed by atoms with van der Waals surface area (Å²) < 4.78 is 0. The Morgan fingerprint density at radius 3 is 2.56 bits per heavy atom. The van der Waals surface area contributed by atoms with E-state index in [-0.39, 0.29) is 18.6 Å². The van der Waals surface area contributed by atoms with E-state index in [0.29, 0.717) is 16.6 Å². The Kier molecular flexibility index (Phi) is 5.56. The van der Waals surface area contributed by atoms with Crippen molar-refractivity contribution >= 4 is 23.2 Å². The summed E-state index contributed by atoms with van der Waals surface area (Å²) in [6.07, 6.45) is 0. The predicted molar refractivity (Wildman–Crippen MR) is 69.0 cm³/mol. The predicted octanol–water partition coefficient (Wildman–Crippen LogP) is 3.10. The molecular formula is C12H17Cl2NO. The van der Waals surface area contributed by atoms with Crippen LogP contribution < -0.4 is 5.32 Å². The highest BCUT2D eigenvalue weighted by molar-refractivity contribution is 6.35. The van der Waals surface area contributed by atoms with Gasteiger partial charge in [-0.2, -0.15) is 0 Å². The quantitative estimate of drug-likeness (QED) is 0.854. The molecule has 90 valence electrons. The number of aliphatic hydroxyl groups is 1. The molecule has 2 unspecified atom stereocenters. The summed E-state index contributed by atoms with van der Waals surface area (Å²) in [6.45, 7) is 4.91. The van der Waals surface area contributed by atoms with Crippen molar-refractivity contribution < 1.29 is 5.11 Å². The van der Waals surface area contributed by atoms with Gasteiger partial charge >= 0.3 is 0 Å². The fraction of sp³-hybridized carbons (Fsp3) is 0.500. The Hall–Kier alpha value is -0.280. The standard InChI is InChI=1S/C12H17Cl2NO/c1-8(7-16)9(2)15-6-10-3-4-11(13)5-12(10)14/h3-5,8-9,15-16H,6-7H2,1-2H3. The molecule has 0 heterocycles. The lowest BCUT2D eigenvalue weighted by molar-refractivity contribution is 0.207. The maximum atomic E-state index is 9.01. The molecule has 0 aliphatic heterocycles. The fourth-order valence-corrected chi connectivity index (χ4v) is 1.77. The van der Waals surface area contributed by atoms with Gasteiger partial charge in [-0.05, 0) is 30.5 Å². The zero-order chi connectivity index (χ0) is 12.1. The van der Waals surface area contributed by atoms with Crippen molar-refractivity contribution in [2.75, 3.05) is 6.61 Å². The Bertz CT molecular complexity index is 344. The molecule has 0 radical (unpaired) electrons. The van der Waals surface area contributed by atoms with Gasteiger partial charge in [0.25, 0.3) is 0 Å².